The van der Waals surface area contributed by atoms with Crippen LogP contribution in [0.25, 0.3) is 11.2 Å². The van der Waals surface area contributed by atoms with Crippen LogP contribution >= 0.6 is 45.9 Å². The first kappa shape index (κ1) is 25.0. The van der Waals surface area contributed by atoms with E-state index in [1.807, 2.05) is 22.6 Å². The molecule has 3 rings (SSSR count). The summed E-state index contributed by atoms with van der Waals surface area (Å²) < 4.78 is 49.1. The van der Waals surface area contributed by atoms with E-state index in [0.29, 0.717) is 11.2 Å². The molecule has 0 bridgehead atoms. The highest BCUT2D eigenvalue weighted by Crippen LogP contribution is 2.61. The van der Waals surface area contributed by atoms with Crippen molar-refractivity contribution in [3.63, 3.8) is 0 Å². The molecule has 17 nitrogen and oxygen atoms in total. The first-order valence-corrected chi connectivity index (χ1v) is 13.9. The molecule has 3 heterocycles. The Kier molecular flexibility index (Phi) is 7.25. The number of nitrogen functional groups attached to an aromatic ring is 1. The number of fused-ring (bicyclic) bond motifs is 1. The number of alkyl halides is 1. The number of aliphatic hydroxyl groups excluding tert-OH is 1. The normalized spacial score (nSPS) is 28.5. The van der Waals surface area contributed by atoms with Crippen LogP contribution in [0.4, 0.5) is 5.82 Å². The molecule has 21 heteroatoms. The van der Waals surface area contributed by atoms with Crippen molar-refractivity contribution in [3.8, 4) is 0 Å². The lowest BCUT2D eigenvalue weighted by Gasteiger charge is -2.20. The summed E-state index contributed by atoms with van der Waals surface area (Å²) in [7, 11) is -16.0. The van der Waals surface area contributed by atoms with Gasteiger partial charge in [0.1, 0.15) is 17.9 Å². The topological polar surface area (TPSA) is 262 Å². The molecular weight excluding hydrogens is 600 g/mol. The number of nitrogens with two attached hydrogens (primary N) is 1. The number of rotatable bonds is 8. The third kappa shape index (κ3) is 6.05. The van der Waals surface area contributed by atoms with Gasteiger partial charge in [0.25, 0.3) is 0 Å². The molecule has 1 saturated heterocycles. The minimum atomic E-state index is -5.40. The van der Waals surface area contributed by atoms with Crippen molar-refractivity contribution in [3.05, 3.63) is 12.7 Å². The molecule has 0 saturated carbocycles. The summed E-state index contributed by atoms with van der Waals surface area (Å²) in [6.07, 6.45) is -0.695. The van der Waals surface area contributed by atoms with Crippen LogP contribution in [0, 0.1) is 0 Å². The quantitative estimate of drug-likeness (QED) is 0.111. The summed E-state index contributed by atoms with van der Waals surface area (Å²) in [4.78, 5) is 48.9. The van der Waals surface area contributed by atoms with Crippen LogP contribution in [0.1, 0.15) is 6.23 Å². The zero-order chi connectivity index (χ0) is 23.2. The van der Waals surface area contributed by atoms with Crippen LogP contribution in [0.3, 0.4) is 0 Å². The largest absolute Gasteiger partial charge is 0.480 e. The van der Waals surface area contributed by atoms with Gasteiger partial charge in [-0.1, -0.05) is 22.6 Å². The summed E-state index contributed by atoms with van der Waals surface area (Å²) in [6, 6.07) is 0. The molecule has 6 atom stereocenters. The van der Waals surface area contributed by atoms with Crippen LogP contribution in [0.5, 0.6) is 0 Å². The Labute approximate surface area is 186 Å². The van der Waals surface area contributed by atoms with Gasteiger partial charge in [0.2, 0.25) is 0 Å². The Balaban J connectivity index is 1.69. The van der Waals surface area contributed by atoms with E-state index >= 15 is 0 Å². The van der Waals surface area contributed by atoms with Gasteiger partial charge in [0.15, 0.2) is 17.7 Å². The second kappa shape index (κ2) is 8.98. The van der Waals surface area contributed by atoms with Crippen molar-refractivity contribution < 1.29 is 51.9 Å². The van der Waals surface area contributed by atoms with Crippen molar-refractivity contribution in [2.45, 2.75) is 22.4 Å². The fraction of sp³-hybridized carbons (Fsp3) is 0.500. The van der Waals surface area contributed by atoms with E-state index in [0.717, 1.165) is 4.86 Å². The molecule has 2 aromatic rings. The number of anilines is 1. The molecule has 31 heavy (non-hydrogen) atoms. The SMILES string of the molecule is Nc1ncnc2c1ncn2C1OC(COP(=O)(O)OP(=O)(O)NP(=O)(O)O)C(O)C1I. The molecule has 6 unspecified atom stereocenters. The van der Waals surface area contributed by atoms with Crippen LogP contribution in [0.2, 0.25) is 0 Å². The number of nitrogens with zero attached hydrogens (tertiary/aromatic N) is 4. The monoisotopic (exact) mass is 616 g/mol. The predicted octanol–water partition coefficient (Wildman–Crippen LogP) is -0.613. The summed E-state index contributed by atoms with van der Waals surface area (Å²) in [6.45, 7) is -0.773. The van der Waals surface area contributed by atoms with E-state index in [1.165, 1.54) is 17.2 Å². The lowest BCUT2D eigenvalue weighted by molar-refractivity contribution is -0.0418. The average Bonchev–Trinajstić information content (AvgIpc) is 3.13. The Bertz CT molecular complexity index is 1110. The number of aliphatic hydroxyl groups is 1. The van der Waals surface area contributed by atoms with Crippen molar-refractivity contribution >= 4 is 62.9 Å². The number of ether oxygens (including phenoxy) is 1. The maximum absolute atomic E-state index is 11.9. The van der Waals surface area contributed by atoms with Gasteiger partial charge in [-0.2, -0.15) is 4.31 Å². The first-order chi connectivity index (χ1) is 14.2. The van der Waals surface area contributed by atoms with E-state index in [2.05, 4.69) is 23.8 Å². The number of phosphoric acid groups is 1. The average molecular weight is 616 g/mol. The van der Waals surface area contributed by atoms with E-state index in [4.69, 9.17) is 20.3 Å². The molecule has 2 aromatic heterocycles. The molecule has 0 spiro atoms. The predicted molar refractivity (Wildman–Crippen MR) is 109 cm³/mol. The van der Waals surface area contributed by atoms with E-state index in [9.17, 15) is 28.6 Å². The first-order valence-electron chi connectivity index (χ1n) is 7.96. The molecule has 0 radical (unpaired) electrons. The second-order valence-corrected chi connectivity index (χ2v) is 12.3. The third-order valence-corrected chi connectivity index (χ3v) is 9.42. The number of nitrogens with one attached hydrogen (secondary N) is 1. The molecule has 8 N–H and O–H groups in total. The fourth-order valence-electron chi connectivity index (χ4n) is 2.64. The molecular formula is C10H16IN6O11P3. The van der Waals surface area contributed by atoms with Gasteiger partial charge in [-0.15, -0.1) is 4.86 Å². The third-order valence-electron chi connectivity index (χ3n) is 3.83. The van der Waals surface area contributed by atoms with Crippen molar-refractivity contribution in [1.29, 1.82) is 0 Å². The summed E-state index contributed by atoms with van der Waals surface area (Å²) in [5.74, 6) is 0.128. The lowest BCUT2D eigenvalue weighted by atomic mass is 10.2. The van der Waals surface area contributed by atoms with Crippen LogP contribution in [-0.2, 0) is 27.3 Å². The van der Waals surface area contributed by atoms with Gasteiger partial charge >= 0.3 is 23.3 Å². The standard InChI is InChI=1S/C10H16IN6O11P3/c11-5-7(18)4(1-26-31(24,25)28-30(22,23)16-29(19,20)21)27-10(5)17-3-15-6-8(12)13-2-14-9(6)17/h2-5,7,10,18H,1H2,(H,24,25)(H2,12,13,14)(H4,16,19,20,21,22,23). The molecule has 1 fully saturated rings. The number of imidazole rings is 1. The molecule has 1 aliphatic rings. The number of hydrogen-bond donors (Lipinski definition) is 7. The highest BCUT2D eigenvalue weighted by Gasteiger charge is 2.46. The van der Waals surface area contributed by atoms with Gasteiger partial charge in [-0.3, -0.25) is 9.09 Å². The number of hydrogen-bond acceptors (Lipinski definition) is 11. The maximum Gasteiger partial charge on any atom is 0.480 e. The fourth-order valence-corrected chi connectivity index (χ4v) is 7.05. The van der Waals surface area contributed by atoms with Gasteiger partial charge in [-0.25, -0.2) is 28.6 Å². The van der Waals surface area contributed by atoms with Crippen molar-refractivity contribution in [2.75, 3.05) is 12.3 Å². The second-order valence-electron chi connectivity index (χ2n) is 6.09. The number of halogens is 1. The lowest BCUT2D eigenvalue weighted by Crippen LogP contribution is -2.30. The van der Waals surface area contributed by atoms with E-state index in [1.54, 1.807) is 0 Å². The summed E-state index contributed by atoms with van der Waals surface area (Å²) in [5.41, 5.74) is 6.35. The van der Waals surface area contributed by atoms with Crippen LogP contribution in [-0.4, -0.2) is 66.9 Å². The molecule has 1 aliphatic heterocycles. The smallest absolute Gasteiger partial charge is 0.389 e. The van der Waals surface area contributed by atoms with Crippen molar-refractivity contribution in [2.24, 2.45) is 0 Å². The summed E-state index contributed by atoms with van der Waals surface area (Å²) >= 11 is 1.88. The summed E-state index contributed by atoms with van der Waals surface area (Å²) in [5, 5.41) is 10.4. The van der Waals surface area contributed by atoms with Gasteiger partial charge < -0.3 is 35.2 Å². The van der Waals surface area contributed by atoms with Crippen LogP contribution < -0.4 is 10.6 Å². The maximum atomic E-state index is 11.9. The van der Waals surface area contributed by atoms with Crippen LogP contribution in [0.15, 0.2) is 12.7 Å². The minimum Gasteiger partial charge on any atom is -0.389 e. The van der Waals surface area contributed by atoms with Crippen molar-refractivity contribution in [1.82, 2.24) is 24.4 Å². The van der Waals surface area contributed by atoms with E-state index in [-0.39, 0.29) is 5.82 Å². The molecule has 174 valence electrons. The van der Waals surface area contributed by atoms with E-state index < -0.39 is 52.3 Å². The molecule has 0 aromatic carbocycles. The zero-order valence-electron chi connectivity index (χ0n) is 14.9. The highest BCUT2D eigenvalue weighted by atomic mass is 127. The highest BCUT2D eigenvalue weighted by molar-refractivity contribution is 14.1. The minimum absolute atomic E-state index is 0.128. The Morgan fingerprint density at radius 3 is 2.55 bits per heavy atom. The van der Waals surface area contributed by atoms with Gasteiger partial charge in [0.05, 0.1) is 23.0 Å². The Morgan fingerprint density at radius 2 is 1.90 bits per heavy atom. The molecule has 0 amide bonds. The van der Waals surface area contributed by atoms with Gasteiger partial charge in [-0.05, 0) is 0 Å². The number of phosphoric ester groups is 1. The number of aromatic nitrogens is 4. The molecule has 0 aliphatic carbocycles. The van der Waals surface area contributed by atoms with Gasteiger partial charge in [0, 0.05) is 0 Å². The zero-order valence-corrected chi connectivity index (χ0v) is 19.8. The Hall–Kier alpha value is -0.590. The Morgan fingerprint density at radius 1 is 1.23 bits per heavy atom.